The van der Waals surface area contributed by atoms with Gasteiger partial charge in [-0.25, -0.2) is 0 Å². The molecule has 168 valence electrons. The molecule has 2 aromatic rings. The highest BCUT2D eigenvalue weighted by Crippen LogP contribution is 2.37. The maximum absolute atomic E-state index is 12.6. The van der Waals surface area contributed by atoms with E-state index in [-0.39, 0.29) is 30.4 Å². The normalized spacial score (nSPS) is 12.6. The Balaban J connectivity index is 1.55. The van der Waals surface area contributed by atoms with Crippen LogP contribution in [0.2, 0.25) is 0 Å². The lowest BCUT2D eigenvalue weighted by Crippen LogP contribution is -2.38. The summed E-state index contributed by atoms with van der Waals surface area (Å²) in [5.41, 5.74) is 0.711. The van der Waals surface area contributed by atoms with Gasteiger partial charge in [0.05, 0.1) is 6.61 Å². The van der Waals surface area contributed by atoms with E-state index in [1.54, 1.807) is 12.0 Å². The number of hydrogen-bond donors (Lipinski definition) is 1. The standard InChI is InChI=1S/C21H28N4O5S/c1-21(2,3)12-18(27)25(9-10-28-4)8-7-17(26)22-20-24-23-19(31-20)14-5-6-15-16(11-14)30-13-29-15/h5-6,11H,7-10,12-13H2,1-4H3,(H,22,24,26). The van der Waals surface area contributed by atoms with E-state index in [4.69, 9.17) is 14.2 Å². The Morgan fingerprint density at radius 3 is 2.71 bits per heavy atom. The Hall–Kier alpha value is -2.72. The molecule has 0 fully saturated rings. The van der Waals surface area contributed by atoms with Crippen molar-refractivity contribution >= 4 is 28.3 Å². The average Bonchev–Trinajstić information content (AvgIpc) is 3.35. The molecule has 0 radical (unpaired) electrons. The van der Waals surface area contributed by atoms with E-state index >= 15 is 0 Å². The van der Waals surface area contributed by atoms with E-state index < -0.39 is 0 Å². The summed E-state index contributed by atoms with van der Waals surface area (Å²) in [5, 5.41) is 12.0. The lowest BCUT2D eigenvalue weighted by molar-refractivity contribution is -0.134. The third kappa shape index (κ3) is 6.63. The van der Waals surface area contributed by atoms with Crippen LogP contribution in [0.4, 0.5) is 5.13 Å². The maximum atomic E-state index is 12.6. The Morgan fingerprint density at radius 2 is 1.97 bits per heavy atom. The minimum Gasteiger partial charge on any atom is -0.454 e. The van der Waals surface area contributed by atoms with Gasteiger partial charge in [-0.05, 0) is 23.6 Å². The molecule has 1 aliphatic heterocycles. The predicted molar refractivity (Wildman–Crippen MR) is 117 cm³/mol. The highest BCUT2D eigenvalue weighted by Gasteiger charge is 2.22. The van der Waals surface area contributed by atoms with E-state index in [9.17, 15) is 9.59 Å². The zero-order valence-electron chi connectivity index (χ0n) is 18.3. The molecule has 0 aliphatic carbocycles. The molecule has 0 spiro atoms. The molecule has 0 unspecified atom stereocenters. The third-order valence-electron chi connectivity index (χ3n) is 4.50. The molecule has 0 saturated carbocycles. The fourth-order valence-corrected chi connectivity index (χ4v) is 3.72. The zero-order chi connectivity index (χ0) is 22.4. The predicted octanol–water partition coefficient (Wildman–Crippen LogP) is 3.17. The quantitative estimate of drug-likeness (QED) is 0.628. The minimum absolute atomic E-state index is 0.0124. The monoisotopic (exact) mass is 448 g/mol. The van der Waals surface area contributed by atoms with Gasteiger partial charge in [0.1, 0.15) is 5.01 Å². The fraction of sp³-hybridized carbons (Fsp3) is 0.524. The molecule has 31 heavy (non-hydrogen) atoms. The first-order valence-electron chi connectivity index (χ1n) is 10.1. The molecule has 9 nitrogen and oxygen atoms in total. The number of rotatable bonds is 9. The second kappa shape index (κ2) is 10.1. The number of carbonyl (C=O) groups is 2. The first-order chi connectivity index (χ1) is 14.7. The number of aromatic nitrogens is 2. The van der Waals surface area contributed by atoms with Crippen LogP contribution in [0.25, 0.3) is 10.6 Å². The van der Waals surface area contributed by atoms with Gasteiger partial charge in [-0.3, -0.25) is 9.59 Å². The minimum atomic E-state index is -0.223. The number of carbonyl (C=O) groups excluding carboxylic acids is 2. The molecular weight excluding hydrogens is 420 g/mol. The van der Waals surface area contributed by atoms with Gasteiger partial charge in [-0.15, -0.1) is 10.2 Å². The van der Waals surface area contributed by atoms with E-state index in [2.05, 4.69) is 15.5 Å². The number of hydrogen-bond acceptors (Lipinski definition) is 8. The third-order valence-corrected chi connectivity index (χ3v) is 5.39. The van der Waals surface area contributed by atoms with Gasteiger partial charge in [-0.1, -0.05) is 32.1 Å². The lowest BCUT2D eigenvalue weighted by Gasteiger charge is -2.26. The summed E-state index contributed by atoms with van der Waals surface area (Å²) in [7, 11) is 1.59. The number of fused-ring (bicyclic) bond motifs is 1. The number of ether oxygens (including phenoxy) is 3. The van der Waals surface area contributed by atoms with Crippen molar-refractivity contribution in [3.05, 3.63) is 18.2 Å². The van der Waals surface area contributed by atoms with Crippen LogP contribution in [-0.2, 0) is 14.3 Å². The number of anilines is 1. The van der Waals surface area contributed by atoms with E-state index in [0.717, 1.165) is 5.56 Å². The summed E-state index contributed by atoms with van der Waals surface area (Å²) >= 11 is 1.27. The number of methoxy groups -OCH3 is 1. The molecule has 1 aromatic carbocycles. The van der Waals surface area contributed by atoms with Gasteiger partial charge in [0, 0.05) is 38.6 Å². The summed E-state index contributed by atoms with van der Waals surface area (Å²) in [5.74, 6) is 1.15. The summed E-state index contributed by atoms with van der Waals surface area (Å²) in [6, 6.07) is 5.53. The smallest absolute Gasteiger partial charge is 0.231 e. The second-order valence-corrected chi connectivity index (χ2v) is 9.37. The SMILES string of the molecule is COCCN(CCC(=O)Nc1nnc(-c2ccc3c(c2)OCO3)s1)C(=O)CC(C)(C)C. The Labute approximate surface area is 185 Å². The van der Waals surface area contributed by atoms with E-state index in [0.29, 0.717) is 47.8 Å². The van der Waals surface area contributed by atoms with Crippen molar-refractivity contribution in [2.75, 3.05) is 38.9 Å². The number of nitrogens with one attached hydrogen (secondary N) is 1. The topological polar surface area (TPSA) is 103 Å². The molecule has 10 heteroatoms. The molecule has 1 N–H and O–H groups in total. The first-order valence-corrected chi connectivity index (χ1v) is 10.9. The van der Waals surface area contributed by atoms with Gasteiger partial charge in [0.2, 0.25) is 23.7 Å². The fourth-order valence-electron chi connectivity index (χ4n) is 2.97. The van der Waals surface area contributed by atoms with Crippen LogP contribution in [0, 0.1) is 5.41 Å². The van der Waals surface area contributed by atoms with Crippen molar-refractivity contribution < 1.29 is 23.8 Å². The van der Waals surface area contributed by atoms with Crippen molar-refractivity contribution in [2.45, 2.75) is 33.6 Å². The van der Waals surface area contributed by atoms with Crippen LogP contribution in [0.5, 0.6) is 11.5 Å². The highest BCUT2D eigenvalue weighted by molar-refractivity contribution is 7.18. The number of amides is 2. The lowest BCUT2D eigenvalue weighted by atomic mass is 9.91. The van der Waals surface area contributed by atoms with Crippen LogP contribution in [0.1, 0.15) is 33.6 Å². The van der Waals surface area contributed by atoms with Crippen molar-refractivity contribution in [3.8, 4) is 22.1 Å². The molecule has 2 amide bonds. The molecule has 0 saturated heterocycles. The van der Waals surface area contributed by atoms with Crippen LogP contribution in [-0.4, -0.2) is 60.5 Å². The second-order valence-electron chi connectivity index (χ2n) is 8.39. The van der Waals surface area contributed by atoms with Gasteiger partial charge >= 0.3 is 0 Å². The van der Waals surface area contributed by atoms with Crippen molar-refractivity contribution in [3.63, 3.8) is 0 Å². The van der Waals surface area contributed by atoms with Crippen LogP contribution < -0.4 is 14.8 Å². The van der Waals surface area contributed by atoms with Gasteiger partial charge < -0.3 is 24.4 Å². The van der Waals surface area contributed by atoms with Gasteiger partial charge in [-0.2, -0.15) is 0 Å². The van der Waals surface area contributed by atoms with E-state index in [1.165, 1.54) is 11.3 Å². The zero-order valence-corrected chi connectivity index (χ0v) is 19.1. The Morgan fingerprint density at radius 1 is 1.19 bits per heavy atom. The molecule has 1 aromatic heterocycles. The molecule has 3 rings (SSSR count). The molecule has 2 heterocycles. The summed E-state index contributed by atoms with van der Waals surface area (Å²) < 4.78 is 15.8. The van der Waals surface area contributed by atoms with E-state index in [1.807, 2.05) is 39.0 Å². The molecule has 1 aliphatic rings. The largest absolute Gasteiger partial charge is 0.454 e. The Bertz CT molecular complexity index is 925. The van der Waals surface area contributed by atoms with Crippen molar-refractivity contribution in [2.24, 2.45) is 5.41 Å². The van der Waals surface area contributed by atoms with Crippen molar-refractivity contribution in [1.82, 2.24) is 15.1 Å². The molecule has 0 atom stereocenters. The molecular formula is C21H28N4O5S. The van der Waals surface area contributed by atoms with Crippen molar-refractivity contribution in [1.29, 1.82) is 0 Å². The van der Waals surface area contributed by atoms with Gasteiger partial charge in [0.25, 0.3) is 0 Å². The highest BCUT2D eigenvalue weighted by atomic mass is 32.1. The summed E-state index contributed by atoms with van der Waals surface area (Å²) in [6.45, 7) is 7.43. The Kier molecular flexibility index (Phi) is 7.45. The van der Waals surface area contributed by atoms with Crippen LogP contribution in [0.3, 0.4) is 0 Å². The number of benzene rings is 1. The molecule has 0 bridgehead atoms. The number of nitrogens with zero attached hydrogens (tertiary/aromatic N) is 3. The average molecular weight is 449 g/mol. The first kappa shape index (κ1) is 23.0. The van der Waals surface area contributed by atoms with Crippen LogP contribution in [0.15, 0.2) is 18.2 Å². The summed E-state index contributed by atoms with van der Waals surface area (Å²) in [6.07, 6.45) is 0.576. The summed E-state index contributed by atoms with van der Waals surface area (Å²) in [4.78, 5) is 26.7. The maximum Gasteiger partial charge on any atom is 0.231 e. The van der Waals surface area contributed by atoms with Crippen LogP contribution >= 0.6 is 11.3 Å². The van der Waals surface area contributed by atoms with Gasteiger partial charge in [0.15, 0.2) is 11.5 Å².